The number of pyridine rings is 1. The molecule has 1 N–H and O–H groups in total. The number of nitrogens with zero attached hydrogens (tertiary/aromatic N) is 5. The summed E-state index contributed by atoms with van der Waals surface area (Å²) in [6.07, 6.45) is 6.64. The van der Waals surface area contributed by atoms with E-state index in [4.69, 9.17) is 4.74 Å². The Labute approximate surface area is 203 Å². The number of methoxy groups -OCH3 is 1. The average Bonchev–Trinajstić information content (AvgIpc) is 3.49. The van der Waals surface area contributed by atoms with E-state index in [9.17, 15) is 4.79 Å². The third kappa shape index (κ3) is 3.77. The fourth-order valence-corrected chi connectivity index (χ4v) is 5.89. The Bertz CT molecular complexity index is 1420. The van der Waals surface area contributed by atoms with Crippen LogP contribution in [0.25, 0.3) is 10.9 Å². The number of tetrazole rings is 1. The lowest BCUT2D eigenvalue weighted by molar-refractivity contribution is 0.312. The molecule has 1 saturated carbocycles. The van der Waals surface area contributed by atoms with E-state index in [1.807, 2.05) is 28.9 Å². The lowest BCUT2D eigenvalue weighted by atomic mass is 9.95. The predicted octanol–water partition coefficient (Wildman–Crippen LogP) is 4.57. The van der Waals surface area contributed by atoms with Crippen molar-refractivity contribution in [2.45, 2.75) is 63.6 Å². The number of hydrogen-bond acceptors (Lipinski definition) is 6. The standard InChI is InChI=1S/C27H30N6O2/c1-17-14-19-8-6-7-11-24(19)32(17)25(26-29-30-31-33(26)20-9-4-3-5-10-20)22-15-18-12-13-21(35-2)16-23(18)28-27(22)34/h6-8,11-13,15-17,20,25H,3-5,9-10,14H2,1-2H3,(H,28,34). The highest BCUT2D eigenvalue weighted by Gasteiger charge is 2.38. The molecule has 35 heavy (non-hydrogen) atoms. The SMILES string of the molecule is COc1ccc2cc(C(c3nnnn3C3CCCCC3)N3c4ccccc4CC3C)c(=O)[nH]c2c1. The maximum absolute atomic E-state index is 13.6. The van der Waals surface area contributed by atoms with Gasteiger partial charge in [0.05, 0.1) is 18.7 Å². The van der Waals surface area contributed by atoms with E-state index in [1.165, 1.54) is 24.8 Å². The van der Waals surface area contributed by atoms with Crippen LogP contribution in [0.3, 0.4) is 0 Å². The van der Waals surface area contributed by atoms with Crippen LogP contribution in [0.4, 0.5) is 5.69 Å². The van der Waals surface area contributed by atoms with Gasteiger partial charge in [0.1, 0.15) is 11.8 Å². The molecule has 1 aliphatic heterocycles. The molecule has 2 unspecified atom stereocenters. The molecule has 0 spiro atoms. The molecule has 0 saturated heterocycles. The van der Waals surface area contributed by atoms with Crippen LogP contribution < -0.4 is 15.2 Å². The van der Waals surface area contributed by atoms with Crippen LogP contribution in [0, 0.1) is 0 Å². The minimum atomic E-state index is -0.402. The molecule has 2 aliphatic rings. The first kappa shape index (κ1) is 21.8. The first-order valence-corrected chi connectivity index (χ1v) is 12.5. The summed E-state index contributed by atoms with van der Waals surface area (Å²) < 4.78 is 7.35. The number of hydrogen-bond donors (Lipinski definition) is 1. The largest absolute Gasteiger partial charge is 0.497 e. The van der Waals surface area contributed by atoms with Gasteiger partial charge in [-0.15, -0.1) is 5.10 Å². The van der Waals surface area contributed by atoms with E-state index in [-0.39, 0.29) is 17.6 Å². The number of aromatic amines is 1. The van der Waals surface area contributed by atoms with Crippen molar-refractivity contribution in [2.24, 2.45) is 0 Å². The lowest BCUT2D eigenvalue weighted by Crippen LogP contribution is -2.39. The fraction of sp³-hybridized carbons (Fsp3) is 0.407. The van der Waals surface area contributed by atoms with Gasteiger partial charge in [-0.3, -0.25) is 4.79 Å². The molecule has 0 radical (unpaired) electrons. The predicted molar refractivity (Wildman–Crippen MR) is 135 cm³/mol. The Balaban J connectivity index is 1.55. The van der Waals surface area contributed by atoms with Crippen LogP contribution in [0.5, 0.6) is 5.75 Å². The molecular formula is C27H30N6O2. The Morgan fingerprint density at radius 1 is 1.09 bits per heavy atom. The lowest BCUT2D eigenvalue weighted by Gasteiger charge is -2.34. The number of rotatable bonds is 5. The summed E-state index contributed by atoms with van der Waals surface area (Å²) in [5.74, 6) is 1.44. The zero-order valence-electron chi connectivity index (χ0n) is 20.1. The molecule has 180 valence electrons. The van der Waals surface area contributed by atoms with Gasteiger partial charge in [-0.1, -0.05) is 37.5 Å². The Morgan fingerprint density at radius 2 is 1.91 bits per heavy atom. The quantitative estimate of drug-likeness (QED) is 0.460. The van der Waals surface area contributed by atoms with E-state index in [0.717, 1.165) is 41.7 Å². The molecular weight excluding hydrogens is 440 g/mol. The van der Waals surface area contributed by atoms with Crippen molar-refractivity contribution in [3.05, 3.63) is 75.8 Å². The second-order valence-corrected chi connectivity index (χ2v) is 9.77. The first-order chi connectivity index (χ1) is 17.1. The Kier molecular flexibility index (Phi) is 5.51. The second-order valence-electron chi connectivity index (χ2n) is 9.77. The Hall–Kier alpha value is -3.68. The van der Waals surface area contributed by atoms with Gasteiger partial charge in [-0.05, 0) is 71.8 Å². The first-order valence-electron chi connectivity index (χ1n) is 12.5. The Morgan fingerprint density at radius 3 is 2.74 bits per heavy atom. The molecule has 0 amide bonds. The van der Waals surface area contributed by atoms with E-state index >= 15 is 0 Å². The van der Waals surface area contributed by atoms with Gasteiger partial charge in [-0.2, -0.15) is 0 Å². The van der Waals surface area contributed by atoms with Crippen LogP contribution in [0.1, 0.15) is 68.1 Å². The van der Waals surface area contributed by atoms with E-state index in [2.05, 4.69) is 56.6 Å². The van der Waals surface area contributed by atoms with Crippen molar-refractivity contribution < 1.29 is 4.74 Å². The van der Waals surface area contributed by atoms with Crippen LogP contribution >= 0.6 is 0 Å². The van der Waals surface area contributed by atoms with Gasteiger partial charge in [0.25, 0.3) is 5.56 Å². The zero-order chi connectivity index (χ0) is 23.9. The molecule has 1 fully saturated rings. The van der Waals surface area contributed by atoms with Gasteiger partial charge >= 0.3 is 0 Å². The van der Waals surface area contributed by atoms with Crippen molar-refractivity contribution in [3.63, 3.8) is 0 Å². The molecule has 4 aromatic rings. The zero-order valence-corrected chi connectivity index (χ0v) is 20.1. The third-order valence-electron chi connectivity index (χ3n) is 7.60. The summed E-state index contributed by atoms with van der Waals surface area (Å²) in [5.41, 5.74) is 3.68. The molecule has 8 nitrogen and oxygen atoms in total. The molecule has 8 heteroatoms. The minimum Gasteiger partial charge on any atom is -0.497 e. The summed E-state index contributed by atoms with van der Waals surface area (Å²) in [6, 6.07) is 16.2. The van der Waals surface area contributed by atoms with Gasteiger partial charge in [0, 0.05) is 23.4 Å². The van der Waals surface area contributed by atoms with Crippen molar-refractivity contribution in [3.8, 4) is 5.75 Å². The normalized spacial score (nSPS) is 19.1. The highest BCUT2D eigenvalue weighted by Crippen LogP contribution is 2.41. The molecule has 0 bridgehead atoms. The van der Waals surface area contributed by atoms with E-state index in [0.29, 0.717) is 11.3 Å². The van der Waals surface area contributed by atoms with Gasteiger partial charge in [0.15, 0.2) is 5.82 Å². The van der Waals surface area contributed by atoms with E-state index in [1.54, 1.807) is 7.11 Å². The number of ether oxygens (including phenoxy) is 1. The highest BCUT2D eigenvalue weighted by molar-refractivity contribution is 5.81. The molecule has 1 aliphatic carbocycles. The topological polar surface area (TPSA) is 88.9 Å². The summed E-state index contributed by atoms with van der Waals surface area (Å²) in [6.45, 7) is 2.21. The average molecular weight is 471 g/mol. The van der Waals surface area contributed by atoms with Gasteiger partial charge in [-0.25, -0.2) is 4.68 Å². The number of para-hydroxylation sites is 1. The maximum atomic E-state index is 13.6. The highest BCUT2D eigenvalue weighted by atomic mass is 16.5. The minimum absolute atomic E-state index is 0.134. The number of anilines is 1. The number of aromatic nitrogens is 5. The summed E-state index contributed by atoms with van der Waals surface area (Å²) >= 11 is 0. The van der Waals surface area contributed by atoms with Crippen molar-refractivity contribution in [1.29, 1.82) is 0 Å². The van der Waals surface area contributed by atoms with Crippen molar-refractivity contribution in [1.82, 2.24) is 25.2 Å². The summed E-state index contributed by atoms with van der Waals surface area (Å²) in [7, 11) is 1.63. The van der Waals surface area contributed by atoms with Crippen LogP contribution in [0.15, 0.2) is 53.3 Å². The summed E-state index contributed by atoms with van der Waals surface area (Å²) in [5, 5.41) is 14.1. The summed E-state index contributed by atoms with van der Waals surface area (Å²) in [4.78, 5) is 19.1. The smallest absolute Gasteiger partial charge is 0.254 e. The molecule has 2 aromatic carbocycles. The third-order valence-corrected chi connectivity index (χ3v) is 7.60. The van der Waals surface area contributed by atoms with Crippen LogP contribution in [0.2, 0.25) is 0 Å². The molecule has 3 heterocycles. The van der Waals surface area contributed by atoms with E-state index < -0.39 is 6.04 Å². The molecule has 6 rings (SSSR count). The van der Waals surface area contributed by atoms with Gasteiger partial charge < -0.3 is 14.6 Å². The second kappa shape index (κ2) is 8.83. The van der Waals surface area contributed by atoms with Crippen molar-refractivity contribution >= 4 is 16.6 Å². The molecule has 2 aromatic heterocycles. The van der Waals surface area contributed by atoms with Crippen LogP contribution in [-0.4, -0.2) is 38.3 Å². The number of H-pyrrole nitrogens is 1. The number of benzene rings is 2. The number of fused-ring (bicyclic) bond motifs is 2. The number of nitrogens with one attached hydrogen (secondary N) is 1. The monoisotopic (exact) mass is 470 g/mol. The van der Waals surface area contributed by atoms with Gasteiger partial charge in [0.2, 0.25) is 0 Å². The maximum Gasteiger partial charge on any atom is 0.254 e. The van der Waals surface area contributed by atoms with Crippen LogP contribution in [-0.2, 0) is 6.42 Å². The van der Waals surface area contributed by atoms with Crippen molar-refractivity contribution in [2.75, 3.05) is 12.0 Å². The molecule has 2 atom stereocenters. The fourth-order valence-electron chi connectivity index (χ4n) is 5.89.